The first-order valence-electron chi connectivity index (χ1n) is 12.5. The van der Waals surface area contributed by atoms with Gasteiger partial charge in [-0.1, -0.05) is 29.8 Å². The average molecular weight is 556 g/mol. The molecule has 0 unspecified atom stereocenters. The van der Waals surface area contributed by atoms with Gasteiger partial charge in [0, 0.05) is 11.3 Å². The van der Waals surface area contributed by atoms with Crippen LogP contribution in [0.3, 0.4) is 0 Å². The number of amides is 1. The summed E-state index contributed by atoms with van der Waals surface area (Å²) in [5, 5.41) is 3.76. The molecule has 0 spiro atoms. The topological polar surface area (TPSA) is 79.4 Å². The fourth-order valence-corrected chi connectivity index (χ4v) is 6.90. The highest BCUT2D eigenvalue weighted by Gasteiger charge is 2.27. The molecule has 6 nitrogen and oxygen atoms in total. The largest absolute Gasteiger partial charge is 0.325 e. The van der Waals surface area contributed by atoms with E-state index >= 15 is 0 Å². The normalized spacial score (nSPS) is 11.5. The standard InChI is InChI=1S/C31H29N3O3S2/c1-20-5-12-27(13-6-20)39(36,37)34(26-16-22(3)15-23(4)17-26)19-30(35)32-25-10-8-24(9-11-25)31-33-28-14-7-21(2)18-29(28)38-31/h5-18H,19H2,1-4H3,(H,32,35). The zero-order valence-electron chi connectivity index (χ0n) is 22.2. The zero-order chi connectivity index (χ0) is 27.7. The third-order valence-corrected chi connectivity index (χ3v) is 9.21. The van der Waals surface area contributed by atoms with E-state index in [2.05, 4.69) is 18.3 Å². The summed E-state index contributed by atoms with van der Waals surface area (Å²) < 4.78 is 29.7. The van der Waals surface area contributed by atoms with Crippen molar-refractivity contribution in [3.8, 4) is 10.6 Å². The molecule has 1 heterocycles. The summed E-state index contributed by atoms with van der Waals surface area (Å²) in [6.07, 6.45) is 0. The maximum absolute atomic E-state index is 13.7. The maximum Gasteiger partial charge on any atom is 0.264 e. The molecular weight excluding hydrogens is 526 g/mol. The van der Waals surface area contributed by atoms with E-state index in [-0.39, 0.29) is 11.4 Å². The number of benzene rings is 4. The molecule has 1 aromatic heterocycles. The Bertz CT molecular complexity index is 1750. The summed E-state index contributed by atoms with van der Waals surface area (Å²) in [6, 6.07) is 25.8. The van der Waals surface area contributed by atoms with Gasteiger partial charge in [-0.2, -0.15) is 0 Å². The molecule has 0 radical (unpaired) electrons. The maximum atomic E-state index is 13.7. The molecule has 0 aliphatic heterocycles. The van der Waals surface area contributed by atoms with Crippen molar-refractivity contribution in [3.63, 3.8) is 0 Å². The molecule has 4 aromatic carbocycles. The van der Waals surface area contributed by atoms with Gasteiger partial charge in [-0.3, -0.25) is 9.10 Å². The molecule has 1 N–H and O–H groups in total. The van der Waals surface area contributed by atoms with Crippen molar-refractivity contribution in [1.82, 2.24) is 4.98 Å². The van der Waals surface area contributed by atoms with E-state index in [0.717, 1.165) is 37.5 Å². The van der Waals surface area contributed by atoms with E-state index < -0.39 is 15.9 Å². The van der Waals surface area contributed by atoms with Crippen LogP contribution in [0, 0.1) is 27.7 Å². The van der Waals surface area contributed by atoms with Gasteiger partial charge in [0.2, 0.25) is 5.91 Å². The average Bonchev–Trinajstić information content (AvgIpc) is 3.30. The van der Waals surface area contributed by atoms with E-state index in [9.17, 15) is 13.2 Å². The Morgan fingerprint density at radius 3 is 2.10 bits per heavy atom. The molecule has 8 heteroatoms. The van der Waals surface area contributed by atoms with Crippen LogP contribution in [0.25, 0.3) is 20.8 Å². The van der Waals surface area contributed by atoms with Gasteiger partial charge in [0.1, 0.15) is 11.6 Å². The minimum atomic E-state index is -3.98. The second-order valence-electron chi connectivity index (χ2n) is 9.79. The molecule has 0 atom stereocenters. The van der Waals surface area contributed by atoms with Gasteiger partial charge in [0.05, 0.1) is 20.8 Å². The molecule has 1 amide bonds. The van der Waals surface area contributed by atoms with Crippen LogP contribution in [-0.2, 0) is 14.8 Å². The van der Waals surface area contributed by atoms with Crippen molar-refractivity contribution in [2.24, 2.45) is 0 Å². The fourth-order valence-electron chi connectivity index (χ4n) is 4.43. The molecule has 39 heavy (non-hydrogen) atoms. The summed E-state index contributed by atoms with van der Waals surface area (Å²) in [5.74, 6) is -0.437. The minimum absolute atomic E-state index is 0.135. The molecule has 0 bridgehead atoms. The number of aryl methyl sites for hydroxylation is 4. The van der Waals surface area contributed by atoms with Gasteiger partial charge >= 0.3 is 0 Å². The Kier molecular flexibility index (Phi) is 7.25. The fraction of sp³-hybridized carbons (Fsp3) is 0.161. The lowest BCUT2D eigenvalue weighted by Crippen LogP contribution is -2.38. The van der Waals surface area contributed by atoms with Crippen molar-refractivity contribution in [3.05, 3.63) is 107 Å². The predicted octanol–water partition coefficient (Wildman–Crippen LogP) is 7.03. The number of hydrogen-bond donors (Lipinski definition) is 1. The van der Waals surface area contributed by atoms with Gasteiger partial charge in [0.25, 0.3) is 10.0 Å². The van der Waals surface area contributed by atoms with E-state index in [1.165, 1.54) is 9.87 Å². The molecule has 0 fully saturated rings. The monoisotopic (exact) mass is 555 g/mol. The molecule has 5 aromatic rings. The number of carbonyl (C=O) groups is 1. The lowest BCUT2D eigenvalue weighted by molar-refractivity contribution is -0.114. The van der Waals surface area contributed by atoms with E-state index in [1.54, 1.807) is 59.9 Å². The quantitative estimate of drug-likeness (QED) is 0.234. The van der Waals surface area contributed by atoms with Gasteiger partial charge in [-0.15, -0.1) is 11.3 Å². The first-order valence-corrected chi connectivity index (χ1v) is 14.8. The number of aromatic nitrogens is 1. The van der Waals surface area contributed by atoms with Crippen molar-refractivity contribution in [1.29, 1.82) is 0 Å². The number of fused-ring (bicyclic) bond motifs is 1. The van der Waals surface area contributed by atoms with Gasteiger partial charge in [0.15, 0.2) is 0 Å². The summed E-state index contributed by atoms with van der Waals surface area (Å²) in [4.78, 5) is 18.0. The van der Waals surface area contributed by atoms with Crippen LogP contribution in [0.1, 0.15) is 22.3 Å². The van der Waals surface area contributed by atoms with Crippen LogP contribution < -0.4 is 9.62 Å². The SMILES string of the molecule is Cc1ccc(S(=O)(=O)N(CC(=O)Nc2ccc(-c3nc4ccc(C)cc4s3)cc2)c2cc(C)cc(C)c2)cc1. The molecule has 198 valence electrons. The zero-order valence-corrected chi connectivity index (χ0v) is 23.9. The summed E-state index contributed by atoms with van der Waals surface area (Å²) >= 11 is 1.62. The van der Waals surface area contributed by atoms with Crippen molar-refractivity contribution >= 4 is 48.9 Å². The van der Waals surface area contributed by atoms with Crippen molar-refractivity contribution < 1.29 is 13.2 Å². The Morgan fingerprint density at radius 1 is 0.795 bits per heavy atom. The smallest absolute Gasteiger partial charge is 0.264 e. The molecule has 0 aliphatic carbocycles. The van der Waals surface area contributed by atoms with Crippen molar-refractivity contribution in [2.75, 3.05) is 16.2 Å². The second-order valence-corrected chi connectivity index (χ2v) is 12.7. The molecule has 0 saturated heterocycles. The van der Waals surface area contributed by atoms with Crippen LogP contribution in [0.4, 0.5) is 11.4 Å². The first-order chi connectivity index (χ1) is 18.6. The number of nitrogens with zero attached hydrogens (tertiary/aromatic N) is 2. The first kappa shape index (κ1) is 26.6. The van der Waals surface area contributed by atoms with Crippen LogP contribution in [0.2, 0.25) is 0 Å². The Morgan fingerprint density at radius 2 is 1.44 bits per heavy atom. The van der Waals surface area contributed by atoms with E-state index in [0.29, 0.717) is 11.4 Å². The molecule has 0 saturated carbocycles. The summed E-state index contributed by atoms with van der Waals surface area (Å²) in [7, 11) is -3.98. The highest BCUT2D eigenvalue weighted by Crippen LogP contribution is 2.31. The molecule has 5 rings (SSSR count). The highest BCUT2D eigenvalue weighted by atomic mass is 32.2. The molecule has 0 aliphatic rings. The van der Waals surface area contributed by atoms with Gasteiger partial charge < -0.3 is 5.32 Å². The second kappa shape index (κ2) is 10.6. The lowest BCUT2D eigenvalue weighted by atomic mass is 10.1. The number of anilines is 2. The minimum Gasteiger partial charge on any atom is -0.325 e. The van der Waals surface area contributed by atoms with Crippen LogP contribution in [0.5, 0.6) is 0 Å². The van der Waals surface area contributed by atoms with E-state index in [1.807, 2.05) is 51.1 Å². The number of hydrogen-bond acceptors (Lipinski definition) is 5. The van der Waals surface area contributed by atoms with Crippen LogP contribution in [0.15, 0.2) is 89.8 Å². The number of nitrogens with one attached hydrogen (secondary N) is 1. The van der Waals surface area contributed by atoms with Gasteiger partial charge in [-0.25, -0.2) is 13.4 Å². The number of carbonyl (C=O) groups excluding carboxylic acids is 1. The number of rotatable bonds is 7. The third-order valence-electron chi connectivity index (χ3n) is 6.35. The summed E-state index contributed by atoms with van der Waals surface area (Å²) in [6.45, 7) is 7.40. The summed E-state index contributed by atoms with van der Waals surface area (Å²) in [5.41, 5.74) is 6.90. The number of thiazole rings is 1. The molecular formula is C31H29N3O3S2. The van der Waals surface area contributed by atoms with Crippen molar-refractivity contribution in [2.45, 2.75) is 32.6 Å². The predicted molar refractivity (Wildman–Crippen MR) is 160 cm³/mol. The highest BCUT2D eigenvalue weighted by molar-refractivity contribution is 7.92. The van der Waals surface area contributed by atoms with Crippen LogP contribution in [-0.4, -0.2) is 25.9 Å². The Labute approximate surface area is 233 Å². The lowest BCUT2D eigenvalue weighted by Gasteiger charge is -2.25. The Balaban J connectivity index is 1.39. The van der Waals surface area contributed by atoms with E-state index in [4.69, 9.17) is 4.98 Å². The third kappa shape index (κ3) is 5.87. The Hall–Kier alpha value is -4.01. The number of sulfonamides is 1. The van der Waals surface area contributed by atoms with Gasteiger partial charge in [-0.05, 0) is 105 Å². The van der Waals surface area contributed by atoms with Crippen LogP contribution >= 0.6 is 11.3 Å².